The Bertz CT molecular complexity index is 554. The van der Waals surface area contributed by atoms with Gasteiger partial charge >= 0.3 is 6.09 Å². The molecular weight excluding hydrogens is 242 g/mol. The van der Waals surface area contributed by atoms with Gasteiger partial charge in [-0.2, -0.15) is 0 Å². The molecule has 98 valence electrons. The van der Waals surface area contributed by atoms with Gasteiger partial charge in [0.15, 0.2) is 0 Å². The predicted molar refractivity (Wildman–Crippen MR) is 73.6 cm³/mol. The Morgan fingerprint density at radius 2 is 1.89 bits per heavy atom. The molecule has 1 N–H and O–H groups in total. The Morgan fingerprint density at radius 3 is 2.53 bits per heavy atom. The molecule has 0 aliphatic heterocycles. The first kappa shape index (κ1) is 13.0. The van der Waals surface area contributed by atoms with Gasteiger partial charge in [0, 0.05) is 12.6 Å². The molecule has 0 unspecified atom stereocenters. The van der Waals surface area contributed by atoms with Gasteiger partial charge in [-0.15, -0.1) is 0 Å². The average Bonchev–Trinajstić information content (AvgIpc) is 2.41. The standard InChI is InChI=1S/C15H15NO3/c1-2-16(12-7-6-8-13(17)11-12)15(18)19-14-9-4-3-5-10-14/h3-11,17H,2H2,1H3. The van der Waals surface area contributed by atoms with Crippen molar-refractivity contribution in [3.8, 4) is 11.5 Å². The van der Waals surface area contributed by atoms with E-state index in [0.717, 1.165) is 0 Å². The van der Waals surface area contributed by atoms with Gasteiger partial charge in [0.2, 0.25) is 0 Å². The van der Waals surface area contributed by atoms with Crippen LogP contribution in [0, 0.1) is 0 Å². The van der Waals surface area contributed by atoms with Crippen LogP contribution in [-0.2, 0) is 0 Å². The summed E-state index contributed by atoms with van der Waals surface area (Å²) in [5.41, 5.74) is 0.600. The molecule has 1 amide bonds. The van der Waals surface area contributed by atoms with E-state index < -0.39 is 6.09 Å². The van der Waals surface area contributed by atoms with E-state index in [0.29, 0.717) is 18.0 Å². The summed E-state index contributed by atoms with van der Waals surface area (Å²) in [6.07, 6.45) is -0.473. The lowest BCUT2D eigenvalue weighted by Gasteiger charge is -2.20. The lowest BCUT2D eigenvalue weighted by atomic mass is 10.3. The third-order valence-corrected chi connectivity index (χ3v) is 2.63. The fraction of sp³-hybridized carbons (Fsp3) is 0.133. The molecule has 0 bridgehead atoms. The first-order chi connectivity index (χ1) is 9.20. The first-order valence-electron chi connectivity index (χ1n) is 6.04. The molecule has 2 rings (SSSR count). The molecule has 0 saturated carbocycles. The van der Waals surface area contributed by atoms with Crippen molar-refractivity contribution in [1.29, 1.82) is 0 Å². The summed E-state index contributed by atoms with van der Waals surface area (Å²) >= 11 is 0. The number of aromatic hydroxyl groups is 1. The van der Waals surface area contributed by atoms with Crippen molar-refractivity contribution < 1.29 is 14.6 Å². The highest BCUT2D eigenvalue weighted by Gasteiger charge is 2.16. The number of nitrogens with zero attached hydrogens (tertiary/aromatic N) is 1. The molecule has 2 aromatic carbocycles. The zero-order valence-corrected chi connectivity index (χ0v) is 10.6. The lowest BCUT2D eigenvalue weighted by molar-refractivity contribution is 0.208. The van der Waals surface area contributed by atoms with Crippen LogP contribution in [0.5, 0.6) is 11.5 Å². The zero-order chi connectivity index (χ0) is 13.7. The average molecular weight is 257 g/mol. The van der Waals surface area contributed by atoms with Crippen LogP contribution in [0.1, 0.15) is 6.92 Å². The SMILES string of the molecule is CCN(C(=O)Oc1ccccc1)c1cccc(O)c1. The van der Waals surface area contributed by atoms with Crippen molar-refractivity contribution in [2.75, 3.05) is 11.4 Å². The smallest absolute Gasteiger partial charge is 0.419 e. The number of carbonyl (C=O) groups excluding carboxylic acids is 1. The van der Waals surface area contributed by atoms with E-state index >= 15 is 0 Å². The summed E-state index contributed by atoms with van der Waals surface area (Å²) in [5, 5.41) is 9.45. The molecule has 19 heavy (non-hydrogen) atoms. The summed E-state index contributed by atoms with van der Waals surface area (Å²) < 4.78 is 5.27. The summed E-state index contributed by atoms with van der Waals surface area (Å²) in [6, 6.07) is 15.4. The molecule has 4 heteroatoms. The highest BCUT2D eigenvalue weighted by Crippen LogP contribution is 2.21. The van der Waals surface area contributed by atoms with E-state index in [1.165, 1.54) is 11.0 Å². The number of carbonyl (C=O) groups is 1. The van der Waals surface area contributed by atoms with Crippen LogP contribution in [0.2, 0.25) is 0 Å². The number of phenols is 1. The van der Waals surface area contributed by atoms with Crippen LogP contribution >= 0.6 is 0 Å². The maximum absolute atomic E-state index is 12.1. The molecule has 0 aliphatic carbocycles. The van der Waals surface area contributed by atoms with Gasteiger partial charge in [-0.25, -0.2) is 4.79 Å². The summed E-state index contributed by atoms with van der Waals surface area (Å²) in [6.45, 7) is 2.30. The van der Waals surface area contributed by atoms with Crippen molar-refractivity contribution >= 4 is 11.8 Å². The van der Waals surface area contributed by atoms with Crippen LogP contribution < -0.4 is 9.64 Å². The number of amides is 1. The fourth-order valence-corrected chi connectivity index (χ4v) is 1.72. The van der Waals surface area contributed by atoms with Crippen LogP contribution in [0.4, 0.5) is 10.5 Å². The van der Waals surface area contributed by atoms with Gasteiger partial charge < -0.3 is 9.84 Å². The van der Waals surface area contributed by atoms with E-state index in [1.54, 1.807) is 42.5 Å². The fourth-order valence-electron chi connectivity index (χ4n) is 1.72. The van der Waals surface area contributed by atoms with Gasteiger partial charge in [-0.1, -0.05) is 24.3 Å². The summed E-state index contributed by atoms with van der Waals surface area (Å²) in [5.74, 6) is 0.606. The van der Waals surface area contributed by atoms with Crippen molar-refractivity contribution in [2.45, 2.75) is 6.92 Å². The normalized spacial score (nSPS) is 9.95. The minimum Gasteiger partial charge on any atom is -0.508 e. The predicted octanol–water partition coefficient (Wildman–Crippen LogP) is 3.42. The van der Waals surface area contributed by atoms with E-state index in [4.69, 9.17) is 4.74 Å². The van der Waals surface area contributed by atoms with Gasteiger partial charge in [0.25, 0.3) is 0 Å². The van der Waals surface area contributed by atoms with E-state index in [2.05, 4.69) is 0 Å². The van der Waals surface area contributed by atoms with Crippen LogP contribution in [0.15, 0.2) is 54.6 Å². The third-order valence-electron chi connectivity index (χ3n) is 2.63. The first-order valence-corrected chi connectivity index (χ1v) is 6.04. The summed E-state index contributed by atoms with van der Waals surface area (Å²) in [7, 11) is 0. The highest BCUT2D eigenvalue weighted by molar-refractivity contribution is 5.89. The molecule has 0 fully saturated rings. The molecule has 0 aromatic heterocycles. The van der Waals surface area contributed by atoms with Crippen molar-refractivity contribution in [1.82, 2.24) is 0 Å². The third kappa shape index (κ3) is 3.25. The Balaban J connectivity index is 2.16. The molecule has 0 saturated heterocycles. The van der Waals surface area contributed by atoms with Gasteiger partial charge in [0.1, 0.15) is 11.5 Å². The summed E-state index contributed by atoms with van der Waals surface area (Å²) in [4.78, 5) is 13.5. The number of para-hydroxylation sites is 1. The monoisotopic (exact) mass is 257 g/mol. The Morgan fingerprint density at radius 1 is 1.16 bits per heavy atom. The number of hydrogen-bond acceptors (Lipinski definition) is 3. The van der Waals surface area contributed by atoms with Crippen LogP contribution in [0.25, 0.3) is 0 Å². The second-order valence-electron chi connectivity index (χ2n) is 3.95. The Kier molecular flexibility index (Phi) is 4.03. The van der Waals surface area contributed by atoms with Gasteiger partial charge in [-0.05, 0) is 31.2 Å². The van der Waals surface area contributed by atoms with Crippen molar-refractivity contribution in [3.05, 3.63) is 54.6 Å². The second-order valence-corrected chi connectivity index (χ2v) is 3.95. The number of hydrogen-bond donors (Lipinski definition) is 1. The molecule has 0 aliphatic rings. The maximum atomic E-state index is 12.1. The molecule has 4 nitrogen and oxygen atoms in total. The molecular formula is C15H15NO3. The molecule has 0 spiro atoms. The van der Waals surface area contributed by atoms with Crippen LogP contribution in [-0.4, -0.2) is 17.7 Å². The molecule has 0 radical (unpaired) electrons. The lowest BCUT2D eigenvalue weighted by Crippen LogP contribution is -2.33. The highest BCUT2D eigenvalue weighted by atomic mass is 16.6. The number of phenolic OH excluding ortho intramolecular Hbond substituents is 1. The van der Waals surface area contributed by atoms with Crippen LogP contribution in [0.3, 0.4) is 0 Å². The second kappa shape index (κ2) is 5.91. The van der Waals surface area contributed by atoms with Crippen molar-refractivity contribution in [3.63, 3.8) is 0 Å². The van der Waals surface area contributed by atoms with Gasteiger partial charge in [0.05, 0.1) is 5.69 Å². The minimum atomic E-state index is -0.473. The number of ether oxygens (including phenoxy) is 1. The van der Waals surface area contributed by atoms with E-state index in [9.17, 15) is 9.90 Å². The number of rotatable bonds is 3. The Hall–Kier alpha value is -2.49. The number of benzene rings is 2. The number of anilines is 1. The largest absolute Gasteiger partial charge is 0.508 e. The van der Waals surface area contributed by atoms with E-state index in [-0.39, 0.29) is 5.75 Å². The van der Waals surface area contributed by atoms with Gasteiger partial charge in [-0.3, -0.25) is 4.90 Å². The Labute approximate surface area is 111 Å². The van der Waals surface area contributed by atoms with E-state index in [1.807, 2.05) is 13.0 Å². The molecule has 2 aromatic rings. The topological polar surface area (TPSA) is 49.8 Å². The minimum absolute atomic E-state index is 0.114. The zero-order valence-electron chi connectivity index (χ0n) is 10.6. The van der Waals surface area contributed by atoms with Crippen molar-refractivity contribution in [2.24, 2.45) is 0 Å². The quantitative estimate of drug-likeness (QED) is 0.916. The molecule has 0 atom stereocenters. The maximum Gasteiger partial charge on any atom is 0.419 e. The molecule has 0 heterocycles.